The van der Waals surface area contributed by atoms with E-state index in [1.54, 1.807) is 36.4 Å². The lowest BCUT2D eigenvalue weighted by atomic mass is 9.92. The highest BCUT2D eigenvalue weighted by atomic mass is 32.3. The minimum absolute atomic E-state index is 0.0596. The monoisotopic (exact) mass is 640 g/mol. The Labute approximate surface area is 264 Å². The lowest BCUT2D eigenvalue weighted by molar-refractivity contribution is -0.129. The molecule has 0 fully saturated rings. The molecule has 12 heteroatoms. The topological polar surface area (TPSA) is 166 Å². The van der Waals surface area contributed by atoms with E-state index >= 15 is 0 Å². The lowest BCUT2D eigenvalue weighted by Crippen LogP contribution is -2.51. The molecular weight excluding hydrogens is 608 g/mol. The second kappa shape index (κ2) is 10.4. The third kappa shape index (κ3) is 4.47. The highest BCUT2D eigenvalue weighted by molar-refractivity contribution is 7.80. The molecule has 3 aliphatic rings. The van der Waals surface area contributed by atoms with E-state index in [0.717, 1.165) is 29.3 Å². The van der Waals surface area contributed by atoms with E-state index in [1.807, 2.05) is 31.2 Å². The van der Waals surface area contributed by atoms with Crippen molar-refractivity contribution >= 4 is 71.7 Å². The SMILES string of the molecule is CCC1(CC)N=c2cc/c(=C3\C(=O)C(=O)C(c4ccc5c6c(cccc46)NC(CC)(COS(=O)(=O)O)N5)=C3O)c3cccc(c23)N1. The number of rotatable bonds is 7. The quantitative estimate of drug-likeness (QED) is 0.142. The zero-order valence-corrected chi connectivity index (χ0v) is 26.2. The Bertz CT molecular complexity index is 2280. The Morgan fingerprint density at radius 2 is 1.39 bits per heavy atom. The van der Waals surface area contributed by atoms with Crippen LogP contribution >= 0.6 is 0 Å². The number of hydrogen-bond acceptors (Lipinski definition) is 10. The summed E-state index contributed by atoms with van der Waals surface area (Å²) < 4.78 is 36.6. The van der Waals surface area contributed by atoms with Gasteiger partial charge in [0.15, 0.2) is 0 Å². The van der Waals surface area contributed by atoms with Gasteiger partial charge in [-0.05, 0) is 65.1 Å². The lowest BCUT2D eigenvalue weighted by Gasteiger charge is -2.40. The van der Waals surface area contributed by atoms with Crippen LogP contribution < -0.4 is 26.5 Å². The second-order valence-electron chi connectivity index (χ2n) is 11.9. The van der Waals surface area contributed by atoms with Crippen LogP contribution in [0.2, 0.25) is 0 Å². The summed E-state index contributed by atoms with van der Waals surface area (Å²) in [7, 11) is -4.68. The maximum atomic E-state index is 13.7. The first-order valence-electron chi connectivity index (χ1n) is 15.1. The highest BCUT2D eigenvalue weighted by Crippen LogP contribution is 2.44. The summed E-state index contributed by atoms with van der Waals surface area (Å²) in [5.41, 5.74) is 0.828. The molecule has 2 aliphatic heterocycles. The van der Waals surface area contributed by atoms with E-state index in [9.17, 15) is 27.7 Å². The molecule has 0 aromatic heterocycles. The molecule has 4 aromatic carbocycles. The number of hydrogen-bond donors (Lipinski definition) is 5. The Balaban J connectivity index is 1.41. The summed E-state index contributed by atoms with van der Waals surface area (Å²) in [6, 6.07) is 18.0. The molecule has 11 nitrogen and oxygen atoms in total. The van der Waals surface area contributed by atoms with Gasteiger partial charge >= 0.3 is 10.4 Å². The number of anilines is 3. The molecule has 1 unspecified atom stereocenters. The molecule has 0 radical (unpaired) electrons. The highest BCUT2D eigenvalue weighted by Gasteiger charge is 2.40. The number of Topliss-reactive ketones (excluding diaryl/α,β-unsaturated/α-hetero) is 2. The maximum absolute atomic E-state index is 13.7. The number of carbonyl (C=O) groups excluding carboxylic acids is 2. The second-order valence-corrected chi connectivity index (χ2v) is 12.9. The molecule has 0 amide bonds. The van der Waals surface area contributed by atoms with Crippen molar-refractivity contribution < 1.29 is 31.8 Å². The van der Waals surface area contributed by atoms with Crippen molar-refractivity contribution in [2.45, 2.75) is 51.4 Å². The van der Waals surface area contributed by atoms with Gasteiger partial charge in [0.2, 0.25) is 11.6 Å². The third-order valence-electron chi connectivity index (χ3n) is 9.41. The van der Waals surface area contributed by atoms with Crippen molar-refractivity contribution in [2.24, 2.45) is 4.99 Å². The molecule has 0 spiro atoms. The van der Waals surface area contributed by atoms with Gasteiger partial charge in [-0.2, -0.15) is 8.42 Å². The van der Waals surface area contributed by atoms with Gasteiger partial charge in [-0.15, -0.1) is 0 Å². The maximum Gasteiger partial charge on any atom is 0.397 e. The molecular formula is C34H32N4O7S. The smallest absolute Gasteiger partial charge is 0.397 e. The van der Waals surface area contributed by atoms with Gasteiger partial charge in [-0.25, -0.2) is 4.18 Å². The van der Waals surface area contributed by atoms with Crippen molar-refractivity contribution in [1.82, 2.24) is 0 Å². The first-order chi connectivity index (χ1) is 21.9. The summed E-state index contributed by atoms with van der Waals surface area (Å²) in [6.45, 7) is 5.59. The molecule has 5 N–H and O–H groups in total. The molecule has 1 aliphatic carbocycles. The van der Waals surface area contributed by atoms with E-state index in [-0.39, 0.29) is 11.1 Å². The summed E-state index contributed by atoms with van der Waals surface area (Å²) in [6.07, 6.45) is 1.96. The molecule has 0 saturated carbocycles. The fraction of sp³-hybridized carbons (Fsp3) is 0.265. The van der Waals surface area contributed by atoms with Gasteiger partial charge < -0.3 is 21.1 Å². The van der Waals surface area contributed by atoms with Crippen LogP contribution in [0.15, 0.2) is 71.4 Å². The number of allylic oxidation sites excluding steroid dienone is 2. The number of carbonyl (C=O) groups is 2. The van der Waals surface area contributed by atoms with Crippen LogP contribution in [0, 0.1) is 0 Å². The van der Waals surface area contributed by atoms with E-state index in [2.05, 4.69) is 29.8 Å². The summed E-state index contributed by atoms with van der Waals surface area (Å²) in [4.78, 5) is 32.4. The third-order valence-corrected chi connectivity index (χ3v) is 9.82. The predicted molar refractivity (Wildman–Crippen MR) is 176 cm³/mol. The first kappa shape index (κ1) is 29.9. The van der Waals surface area contributed by atoms with Crippen LogP contribution in [-0.4, -0.2) is 47.6 Å². The summed E-state index contributed by atoms with van der Waals surface area (Å²) >= 11 is 0. The van der Waals surface area contributed by atoms with Gasteiger partial charge in [0.05, 0.1) is 16.5 Å². The van der Waals surface area contributed by atoms with Crippen molar-refractivity contribution in [3.05, 3.63) is 82.6 Å². The van der Waals surface area contributed by atoms with Crippen molar-refractivity contribution in [2.75, 3.05) is 22.6 Å². The molecule has 2 heterocycles. The van der Waals surface area contributed by atoms with E-state index in [4.69, 9.17) is 9.18 Å². The van der Waals surface area contributed by atoms with E-state index < -0.39 is 45.7 Å². The fourth-order valence-electron chi connectivity index (χ4n) is 6.87. The Hall–Kier alpha value is -4.78. The van der Waals surface area contributed by atoms with Crippen molar-refractivity contribution in [3.8, 4) is 0 Å². The molecule has 0 bridgehead atoms. The molecule has 46 heavy (non-hydrogen) atoms. The summed E-state index contributed by atoms with van der Waals surface area (Å²) in [5.74, 6) is -2.00. The minimum Gasteiger partial charge on any atom is -0.506 e. The van der Waals surface area contributed by atoms with Gasteiger partial charge in [0.1, 0.15) is 23.7 Å². The number of nitrogens with zero attached hydrogens (tertiary/aromatic N) is 1. The van der Waals surface area contributed by atoms with Crippen LogP contribution in [0.25, 0.3) is 32.7 Å². The standard InChI is InChI=1S/C34H32N4O7S/c1-4-33(5-2)35-22-11-7-9-18-20(13-15-24(36-33)26(18)22)28-30(39)29(32(41)31(28)40)21-14-16-25-27-19(21)10-8-12-23(27)37-34(6-3,38-25)17-45-46(42,43)44/h7-16,35,37-39H,4-6,17H2,1-3H3,(H,42,43,44)/b28-20+. The first-order valence-corrected chi connectivity index (χ1v) is 16.5. The van der Waals surface area contributed by atoms with Crippen molar-refractivity contribution in [1.29, 1.82) is 0 Å². The van der Waals surface area contributed by atoms with E-state index in [0.29, 0.717) is 44.7 Å². The van der Waals surface area contributed by atoms with E-state index in [1.165, 1.54) is 0 Å². The predicted octanol–water partition coefficient (Wildman–Crippen LogP) is 4.59. The number of ketones is 2. The number of nitrogens with one attached hydrogen (secondary N) is 3. The van der Waals surface area contributed by atoms with Gasteiger partial charge in [0, 0.05) is 27.8 Å². The van der Waals surface area contributed by atoms with Gasteiger partial charge in [0.25, 0.3) is 0 Å². The Morgan fingerprint density at radius 1 is 0.761 bits per heavy atom. The molecule has 0 saturated heterocycles. The largest absolute Gasteiger partial charge is 0.506 e. The molecule has 236 valence electrons. The molecule has 7 rings (SSSR count). The Kier molecular flexibility index (Phi) is 6.74. The average Bonchev–Trinajstić information content (AvgIpc) is 3.27. The number of aliphatic hydroxyl groups is 1. The summed E-state index contributed by atoms with van der Waals surface area (Å²) in [5, 5.41) is 25.8. The van der Waals surface area contributed by atoms with Crippen LogP contribution in [-0.2, 0) is 24.2 Å². The van der Waals surface area contributed by atoms with Crippen LogP contribution in [0.5, 0.6) is 0 Å². The van der Waals surface area contributed by atoms with Crippen LogP contribution in [0.4, 0.5) is 17.1 Å². The van der Waals surface area contributed by atoms with Crippen LogP contribution in [0.3, 0.4) is 0 Å². The molecule has 1 atom stereocenters. The zero-order chi connectivity index (χ0) is 32.6. The zero-order valence-electron chi connectivity index (χ0n) is 25.4. The molecule has 4 aromatic rings. The Morgan fingerprint density at radius 3 is 2.04 bits per heavy atom. The normalized spacial score (nSPS) is 21.2. The minimum atomic E-state index is -4.68. The van der Waals surface area contributed by atoms with Gasteiger partial charge in [-0.3, -0.25) is 19.1 Å². The fourth-order valence-corrected chi connectivity index (χ4v) is 7.22. The number of benzene rings is 4. The van der Waals surface area contributed by atoms with Gasteiger partial charge in [-0.1, -0.05) is 57.2 Å². The van der Waals surface area contributed by atoms with Crippen molar-refractivity contribution in [3.63, 3.8) is 0 Å². The average molecular weight is 641 g/mol. The van der Waals surface area contributed by atoms with Crippen LogP contribution in [0.1, 0.15) is 45.6 Å². The number of aliphatic hydroxyl groups excluding tert-OH is 1.